The van der Waals surface area contributed by atoms with E-state index in [1.54, 1.807) is 48.3 Å². The molecule has 1 atom stereocenters. The lowest BCUT2D eigenvalue weighted by Gasteiger charge is -2.31. The normalized spacial score (nSPS) is 12.0. The maximum atomic E-state index is 13.6. The average molecular weight is 577 g/mol. The van der Waals surface area contributed by atoms with Crippen LogP contribution in [0.1, 0.15) is 24.0 Å². The number of benzene rings is 3. The van der Waals surface area contributed by atoms with Gasteiger partial charge in [0.1, 0.15) is 6.04 Å². The van der Waals surface area contributed by atoms with E-state index in [0.29, 0.717) is 22.2 Å². The Hall–Kier alpha value is -3.07. The average Bonchev–Trinajstić information content (AvgIpc) is 2.89. The fourth-order valence-corrected chi connectivity index (χ4v) is 5.34. The molecule has 0 spiro atoms. The van der Waals surface area contributed by atoms with Gasteiger partial charge in [-0.1, -0.05) is 65.7 Å². The van der Waals surface area contributed by atoms with Crippen molar-refractivity contribution in [2.24, 2.45) is 0 Å². The molecular formula is C28H31Cl2N3O4S. The summed E-state index contributed by atoms with van der Waals surface area (Å²) in [5, 5.41) is 3.75. The monoisotopic (exact) mass is 575 g/mol. The number of hydrogen-bond donors (Lipinski definition) is 1. The fraction of sp³-hybridized carbons (Fsp3) is 0.286. The van der Waals surface area contributed by atoms with Gasteiger partial charge in [0, 0.05) is 43.0 Å². The van der Waals surface area contributed by atoms with Gasteiger partial charge >= 0.3 is 0 Å². The number of hydrogen-bond acceptors (Lipinski definition) is 4. The first-order chi connectivity index (χ1) is 18.1. The molecule has 1 N–H and O–H groups in total. The van der Waals surface area contributed by atoms with Crippen molar-refractivity contribution in [3.63, 3.8) is 0 Å². The molecule has 0 aromatic heterocycles. The van der Waals surface area contributed by atoms with E-state index in [4.69, 9.17) is 23.2 Å². The third kappa shape index (κ3) is 8.48. The van der Waals surface area contributed by atoms with Gasteiger partial charge in [0.2, 0.25) is 21.8 Å². The molecule has 0 aliphatic rings. The van der Waals surface area contributed by atoms with E-state index in [1.807, 2.05) is 42.5 Å². The minimum atomic E-state index is -3.59. The van der Waals surface area contributed by atoms with Crippen molar-refractivity contribution in [1.29, 1.82) is 0 Å². The van der Waals surface area contributed by atoms with Crippen LogP contribution in [0.5, 0.6) is 0 Å². The van der Waals surface area contributed by atoms with Crippen molar-refractivity contribution in [3.05, 3.63) is 100 Å². The maximum absolute atomic E-state index is 13.6. The van der Waals surface area contributed by atoms with E-state index in [-0.39, 0.29) is 37.7 Å². The Kier molecular flexibility index (Phi) is 10.6. The summed E-state index contributed by atoms with van der Waals surface area (Å²) < 4.78 is 26.2. The molecule has 10 heteroatoms. The number of nitrogens with zero attached hydrogens (tertiary/aromatic N) is 2. The Bertz CT molecular complexity index is 1320. The predicted octanol–water partition coefficient (Wildman–Crippen LogP) is 4.93. The van der Waals surface area contributed by atoms with Crippen LogP contribution < -0.4 is 9.62 Å². The number of likely N-dealkylation sites (N-methyl/N-ethyl adjacent to an activating group) is 1. The quantitative estimate of drug-likeness (QED) is 0.332. The first kappa shape index (κ1) is 29.5. The zero-order valence-corrected chi connectivity index (χ0v) is 23.6. The molecule has 7 nitrogen and oxygen atoms in total. The van der Waals surface area contributed by atoms with E-state index in [0.717, 1.165) is 17.4 Å². The molecule has 202 valence electrons. The van der Waals surface area contributed by atoms with Crippen LogP contribution >= 0.6 is 23.2 Å². The van der Waals surface area contributed by atoms with Crippen molar-refractivity contribution >= 4 is 50.7 Å². The molecule has 0 fully saturated rings. The van der Waals surface area contributed by atoms with Gasteiger partial charge < -0.3 is 10.2 Å². The van der Waals surface area contributed by atoms with Gasteiger partial charge in [0.15, 0.2) is 0 Å². The van der Waals surface area contributed by atoms with Crippen molar-refractivity contribution in [3.8, 4) is 0 Å². The highest BCUT2D eigenvalue weighted by molar-refractivity contribution is 7.92. The maximum Gasteiger partial charge on any atom is 0.242 e. The Labute approximate surface area is 234 Å². The Morgan fingerprint density at radius 2 is 1.45 bits per heavy atom. The highest BCUT2D eigenvalue weighted by Gasteiger charge is 2.30. The summed E-state index contributed by atoms with van der Waals surface area (Å²) in [5.74, 6) is -0.538. The summed E-state index contributed by atoms with van der Waals surface area (Å²) in [5.41, 5.74) is 2.21. The van der Waals surface area contributed by atoms with Crippen molar-refractivity contribution in [2.75, 3.05) is 24.2 Å². The summed E-state index contributed by atoms with van der Waals surface area (Å²) in [7, 11) is -2.04. The molecular weight excluding hydrogens is 545 g/mol. The highest BCUT2D eigenvalue weighted by atomic mass is 35.5. The highest BCUT2D eigenvalue weighted by Crippen LogP contribution is 2.22. The molecule has 0 heterocycles. The fourth-order valence-electron chi connectivity index (χ4n) is 4.12. The zero-order chi connectivity index (χ0) is 27.7. The number of anilines is 1. The van der Waals surface area contributed by atoms with Crippen LogP contribution in [0.15, 0.2) is 78.9 Å². The van der Waals surface area contributed by atoms with Crippen molar-refractivity contribution in [1.82, 2.24) is 10.2 Å². The standard InChI is InChI=1S/C28H31Cl2N3O4S/c1-31-28(35)26(19-21-7-4-3-5-8-21)32(20-22-10-12-23(29)13-11-22)27(34)9-6-18-33(38(2,36)37)25-16-14-24(30)15-17-25/h3-5,7-8,10-17,26H,6,9,18-20H2,1-2H3,(H,31,35)/t26-/m1/s1. The van der Waals surface area contributed by atoms with Gasteiger partial charge in [-0.25, -0.2) is 8.42 Å². The van der Waals surface area contributed by atoms with Gasteiger partial charge in [0.25, 0.3) is 0 Å². The van der Waals surface area contributed by atoms with E-state index < -0.39 is 16.1 Å². The smallest absolute Gasteiger partial charge is 0.242 e. The van der Waals surface area contributed by atoms with Crippen LogP contribution in [0.4, 0.5) is 5.69 Å². The summed E-state index contributed by atoms with van der Waals surface area (Å²) in [6.07, 6.45) is 1.77. The molecule has 0 aliphatic heterocycles. The van der Waals surface area contributed by atoms with Crippen LogP contribution in [-0.4, -0.2) is 51.0 Å². The van der Waals surface area contributed by atoms with Gasteiger partial charge in [-0.15, -0.1) is 0 Å². The largest absolute Gasteiger partial charge is 0.357 e. The van der Waals surface area contributed by atoms with Crippen molar-refractivity contribution in [2.45, 2.75) is 31.8 Å². The second-order valence-electron chi connectivity index (χ2n) is 8.88. The molecule has 0 saturated heterocycles. The number of rotatable bonds is 12. The molecule has 38 heavy (non-hydrogen) atoms. The second-order valence-corrected chi connectivity index (χ2v) is 11.7. The summed E-state index contributed by atoms with van der Waals surface area (Å²) in [4.78, 5) is 28.2. The lowest BCUT2D eigenvalue weighted by Crippen LogP contribution is -2.49. The van der Waals surface area contributed by atoms with Gasteiger partial charge in [-0.05, 0) is 53.9 Å². The Balaban J connectivity index is 1.83. The minimum Gasteiger partial charge on any atom is -0.357 e. The minimum absolute atomic E-state index is 0.0511. The number of sulfonamides is 1. The lowest BCUT2D eigenvalue weighted by molar-refractivity contribution is -0.141. The second kappa shape index (κ2) is 13.6. The number of carbonyl (C=O) groups excluding carboxylic acids is 2. The van der Waals surface area contributed by atoms with E-state index >= 15 is 0 Å². The molecule has 3 rings (SSSR count). The number of halogens is 2. The van der Waals surface area contributed by atoms with E-state index in [2.05, 4.69) is 5.32 Å². The first-order valence-corrected chi connectivity index (χ1v) is 14.7. The van der Waals surface area contributed by atoms with E-state index in [9.17, 15) is 18.0 Å². The van der Waals surface area contributed by atoms with E-state index in [1.165, 1.54) is 4.31 Å². The number of nitrogens with one attached hydrogen (secondary N) is 1. The van der Waals surface area contributed by atoms with Gasteiger partial charge in [0.05, 0.1) is 11.9 Å². The third-order valence-corrected chi connectivity index (χ3v) is 7.75. The predicted molar refractivity (Wildman–Crippen MR) is 153 cm³/mol. The SMILES string of the molecule is CNC(=O)[C@@H](Cc1ccccc1)N(Cc1ccc(Cl)cc1)C(=O)CCCN(c1ccc(Cl)cc1)S(C)(=O)=O. The molecule has 0 bridgehead atoms. The van der Waals surface area contributed by atoms with Gasteiger partial charge in [-0.3, -0.25) is 13.9 Å². The molecule has 3 aromatic rings. The summed E-state index contributed by atoms with van der Waals surface area (Å²) >= 11 is 12.0. The topological polar surface area (TPSA) is 86.8 Å². The molecule has 2 amide bonds. The van der Waals surface area contributed by atoms with Gasteiger partial charge in [-0.2, -0.15) is 0 Å². The lowest BCUT2D eigenvalue weighted by atomic mass is 10.0. The molecule has 0 radical (unpaired) electrons. The molecule has 3 aromatic carbocycles. The number of carbonyl (C=O) groups is 2. The van der Waals surface area contributed by atoms with Crippen LogP contribution in [0, 0.1) is 0 Å². The summed E-state index contributed by atoms with van der Waals surface area (Å²) in [6.45, 7) is 0.304. The third-order valence-electron chi connectivity index (χ3n) is 6.05. The molecule has 0 aliphatic carbocycles. The molecule has 0 unspecified atom stereocenters. The van der Waals surface area contributed by atoms with Crippen LogP contribution in [0.3, 0.4) is 0 Å². The van der Waals surface area contributed by atoms with Crippen LogP contribution in [0.25, 0.3) is 0 Å². The number of amides is 2. The van der Waals surface area contributed by atoms with Crippen LogP contribution in [0.2, 0.25) is 10.0 Å². The Morgan fingerprint density at radius 3 is 2.00 bits per heavy atom. The zero-order valence-electron chi connectivity index (χ0n) is 21.3. The molecule has 0 saturated carbocycles. The first-order valence-electron chi connectivity index (χ1n) is 12.1. The Morgan fingerprint density at radius 1 is 0.868 bits per heavy atom. The van der Waals surface area contributed by atoms with Crippen molar-refractivity contribution < 1.29 is 18.0 Å². The summed E-state index contributed by atoms with van der Waals surface area (Å²) in [6, 6.07) is 22.3. The van der Waals surface area contributed by atoms with Crippen LogP contribution in [-0.2, 0) is 32.6 Å².